The lowest BCUT2D eigenvalue weighted by Gasteiger charge is -2.13. The van der Waals surface area contributed by atoms with Crippen molar-refractivity contribution in [2.75, 3.05) is 18.2 Å². The highest BCUT2D eigenvalue weighted by Crippen LogP contribution is 2.34. The molecule has 1 aliphatic rings. The number of aromatic nitrogens is 2. The van der Waals surface area contributed by atoms with Crippen LogP contribution in [0.15, 0.2) is 46.9 Å². The second-order valence-electron chi connectivity index (χ2n) is 7.36. The van der Waals surface area contributed by atoms with Gasteiger partial charge in [0.05, 0.1) is 29.5 Å². The maximum atomic E-state index is 13.3. The number of rotatable bonds is 7. The lowest BCUT2D eigenvalue weighted by molar-refractivity contribution is -0.113. The number of benzene rings is 1. The van der Waals surface area contributed by atoms with Gasteiger partial charge in [-0.25, -0.2) is 9.78 Å². The van der Waals surface area contributed by atoms with E-state index in [1.54, 1.807) is 46.2 Å². The normalized spacial score (nSPS) is 12.9. The van der Waals surface area contributed by atoms with E-state index in [-0.39, 0.29) is 22.8 Å². The van der Waals surface area contributed by atoms with Crippen LogP contribution in [0.4, 0.5) is 5.69 Å². The van der Waals surface area contributed by atoms with Crippen LogP contribution in [0.1, 0.15) is 33.6 Å². The van der Waals surface area contributed by atoms with Crippen LogP contribution in [0.2, 0.25) is 0 Å². The molecule has 1 aromatic carbocycles. The first kappa shape index (κ1) is 22.3. The number of hydrogen-bond acceptors (Lipinski definition) is 7. The number of amides is 1. The number of methoxy groups -OCH3 is 1. The third-order valence-electron chi connectivity index (χ3n) is 5.29. The quantitative estimate of drug-likeness (QED) is 0.243. The zero-order valence-corrected chi connectivity index (χ0v) is 19.3. The molecule has 166 valence electrons. The highest BCUT2D eigenvalue weighted by molar-refractivity contribution is 7.99. The fourth-order valence-corrected chi connectivity index (χ4v) is 5.93. The van der Waals surface area contributed by atoms with Gasteiger partial charge in [0.1, 0.15) is 4.83 Å². The summed E-state index contributed by atoms with van der Waals surface area (Å²) in [5.74, 6) is -0.797. The number of allylic oxidation sites excluding steroid dienone is 1. The van der Waals surface area contributed by atoms with E-state index in [1.165, 1.54) is 23.7 Å². The van der Waals surface area contributed by atoms with E-state index >= 15 is 0 Å². The number of para-hydroxylation sites is 1. The summed E-state index contributed by atoms with van der Waals surface area (Å²) in [4.78, 5) is 44.5. The van der Waals surface area contributed by atoms with E-state index in [4.69, 9.17) is 9.72 Å². The van der Waals surface area contributed by atoms with Crippen molar-refractivity contribution in [3.05, 3.63) is 63.3 Å². The Bertz CT molecular complexity index is 1260. The van der Waals surface area contributed by atoms with Crippen LogP contribution in [0.5, 0.6) is 0 Å². The number of thioether (sulfide) groups is 1. The Hall–Kier alpha value is -2.91. The average molecular weight is 470 g/mol. The second kappa shape index (κ2) is 9.70. The highest BCUT2D eigenvalue weighted by Gasteiger charge is 2.22. The monoisotopic (exact) mass is 469 g/mol. The van der Waals surface area contributed by atoms with E-state index in [9.17, 15) is 14.4 Å². The summed E-state index contributed by atoms with van der Waals surface area (Å²) in [6.07, 6.45) is 5.78. The fourth-order valence-electron chi connectivity index (χ4n) is 3.82. The van der Waals surface area contributed by atoms with Gasteiger partial charge in [-0.2, -0.15) is 0 Å². The minimum Gasteiger partial charge on any atom is -0.465 e. The minimum atomic E-state index is -0.526. The molecular weight excluding hydrogens is 446 g/mol. The molecule has 32 heavy (non-hydrogen) atoms. The van der Waals surface area contributed by atoms with Gasteiger partial charge in [0, 0.05) is 11.4 Å². The molecule has 4 rings (SSSR count). The number of nitrogens with zero attached hydrogens (tertiary/aromatic N) is 2. The van der Waals surface area contributed by atoms with Crippen molar-refractivity contribution in [3.63, 3.8) is 0 Å². The molecule has 0 fully saturated rings. The van der Waals surface area contributed by atoms with Crippen LogP contribution >= 0.6 is 23.1 Å². The molecule has 0 radical (unpaired) electrons. The second-order valence-corrected chi connectivity index (χ2v) is 9.39. The Morgan fingerprint density at radius 2 is 2.09 bits per heavy atom. The first-order valence-electron chi connectivity index (χ1n) is 10.3. The number of nitrogens with one attached hydrogen (secondary N) is 1. The summed E-state index contributed by atoms with van der Waals surface area (Å²) in [5, 5.41) is 3.94. The summed E-state index contributed by atoms with van der Waals surface area (Å²) in [7, 11) is 1.29. The zero-order chi connectivity index (χ0) is 22.7. The largest absolute Gasteiger partial charge is 0.465 e. The van der Waals surface area contributed by atoms with Crippen LogP contribution in [-0.2, 0) is 28.9 Å². The number of carbonyl (C=O) groups is 2. The van der Waals surface area contributed by atoms with Crippen molar-refractivity contribution in [1.29, 1.82) is 0 Å². The Kier molecular flexibility index (Phi) is 6.76. The third-order valence-corrected chi connectivity index (χ3v) is 7.45. The van der Waals surface area contributed by atoms with Gasteiger partial charge < -0.3 is 10.1 Å². The Morgan fingerprint density at radius 3 is 2.88 bits per heavy atom. The molecule has 9 heteroatoms. The molecule has 2 aromatic heterocycles. The number of thiophene rings is 1. The predicted molar refractivity (Wildman–Crippen MR) is 128 cm³/mol. The average Bonchev–Trinajstić information content (AvgIpc) is 3.18. The molecule has 0 unspecified atom stereocenters. The van der Waals surface area contributed by atoms with Crippen LogP contribution in [0.25, 0.3) is 10.2 Å². The number of esters is 1. The number of hydrogen-bond donors (Lipinski definition) is 1. The van der Waals surface area contributed by atoms with E-state index in [2.05, 4.69) is 11.9 Å². The predicted octanol–water partition coefficient (Wildman–Crippen LogP) is 4.04. The minimum absolute atomic E-state index is 0.0374. The van der Waals surface area contributed by atoms with Crippen molar-refractivity contribution < 1.29 is 14.3 Å². The van der Waals surface area contributed by atoms with Crippen LogP contribution < -0.4 is 10.9 Å². The Balaban J connectivity index is 1.59. The zero-order valence-electron chi connectivity index (χ0n) is 17.7. The third kappa shape index (κ3) is 4.35. The summed E-state index contributed by atoms with van der Waals surface area (Å²) < 4.78 is 6.35. The summed E-state index contributed by atoms with van der Waals surface area (Å²) in [6, 6.07) is 6.66. The van der Waals surface area contributed by atoms with Gasteiger partial charge in [-0.1, -0.05) is 30.0 Å². The van der Waals surface area contributed by atoms with E-state index in [1.807, 2.05) is 0 Å². The van der Waals surface area contributed by atoms with Crippen molar-refractivity contribution in [2.45, 2.75) is 37.4 Å². The molecule has 2 heterocycles. The molecular formula is C23H23N3O4S2. The molecule has 1 N–H and O–H groups in total. The molecule has 1 amide bonds. The SMILES string of the molecule is C=CCn1c(SCC(=O)Nc2ccccc2C(=O)OC)nc2sc3c(c2c1=O)CCCC3. The van der Waals surface area contributed by atoms with Crippen molar-refractivity contribution >= 4 is 50.9 Å². The first-order valence-corrected chi connectivity index (χ1v) is 12.1. The van der Waals surface area contributed by atoms with Crippen LogP contribution in [-0.4, -0.2) is 34.3 Å². The van der Waals surface area contributed by atoms with E-state index in [0.717, 1.165) is 36.1 Å². The van der Waals surface area contributed by atoms with Crippen LogP contribution in [0, 0.1) is 0 Å². The molecule has 0 bridgehead atoms. The molecule has 3 aromatic rings. The van der Waals surface area contributed by atoms with Crippen molar-refractivity contribution in [1.82, 2.24) is 9.55 Å². The van der Waals surface area contributed by atoms with Crippen LogP contribution in [0.3, 0.4) is 0 Å². The molecule has 0 saturated carbocycles. The summed E-state index contributed by atoms with van der Waals surface area (Å²) >= 11 is 2.78. The molecule has 0 spiro atoms. The number of carbonyl (C=O) groups excluding carboxylic acids is 2. The molecule has 1 aliphatic carbocycles. The van der Waals surface area contributed by atoms with Crippen molar-refractivity contribution in [3.8, 4) is 0 Å². The van der Waals surface area contributed by atoms with Gasteiger partial charge in [-0.05, 0) is 43.4 Å². The Labute approximate surface area is 193 Å². The van der Waals surface area contributed by atoms with Gasteiger partial charge >= 0.3 is 5.97 Å². The van der Waals surface area contributed by atoms with E-state index in [0.29, 0.717) is 22.8 Å². The Morgan fingerprint density at radius 1 is 1.31 bits per heavy atom. The molecule has 0 atom stereocenters. The fraction of sp³-hybridized carbons (Fsp3) is 0.304. The lowest BCUT2D eigenvalue weighted by Crippen LogP contribution is -2.24. The van der Waals surface area contributed by atoms with Gasteiger partial charge in [0.15, 0.2) is 5.16 Å². The number of aryl methyl sites for hydroxylation is 2. The van der Waals surface area contributed by atoms with Gasteiger partial charge in [0.2, 0.25) is 5.91 Å². The topological polar surface area (TPSA) is 90.3 Å². The van der Waals surface area contributed by atoms with E-state index < -0.39 is 5.97 Å². The summed E-state index contributed by atoms with van der Waals surface area (Å²) in [5.41, 5.74) is 1.72. The molecule has 7 nitrogen and oxygen atoms in total. The van der Waals surface area contributed by atoms with Gasteiger partial charge in [0.25, 0.3) is 5.56 Å². The van der Waals surface area contributed by atoms with Crippen molar-refractivity contribution in [2.24, 2.45) is 0 Å². The standard InChI is InChI=1S/C23H23N3O4S2/c1-3-12-26-21(28)19-15-9-5-7-11-17(15)32-20(19)25-23(26)31-13-18(27)24-16-10-6-4-8-14(16)22(29)30-2/h3-4,6,8,10H,1,5,7,9,11-13H2,2H3,(H,24,27). The highest BCUT2D eigenvalue weighted by atomic mass is 32.2. The number of anilines is 1. The van der Waals surface area contributed by atoms with Gasteiger partial charge in [-0.15, -0.1) is 17.9 Å². The lowest BCUT2D eigenvalue weighted by atomic mass is 9.97. The molecule has 0 saturated heterocycles. The maximum absolute atomic E-state index is 13.3. The number of ether oxygens (including phenoxy) is 1. The summed E-state index contributed by atoms with van der Waals surface area (Å²) in [6.45, 7) is 4.08. The molecule has 0 aliphatic heterocycles. The number of fused-ring (bicyclic) bond motifs is 3. The van der Waals surface area contributed by atoms with Gasteiger partial charge in [-0.3, -0.25) is 14.2 Å². The first-order chi connectivity index (χ1) is 15.5. The maximum Gasteiger partial charge on any atom is 0.339 e. The smallest absolute Gasteiger partial charge is 0.339 e.